The van der Waals surface area contributed by atoms with Gasteiger partial charge in [-0.25, -0.2) is 13.2 Å². The van der Waals surface area contributed by atoms with Crippen LogP contribution in [0.4, 0.5) is 4.79 Å². The first-order valence-corrected chi connectivity index (χ1v) is 13.9. The number of amides is 4. The van der Waals surface area contributed by atoms with Gasteiger partial charge in [0, 0.05) is 12.6 Å². The van der Waals surface area contributed by atoms with E-state index >= 15 is 0 Å². The molecule has 1 spiro atoms. The lowest BCUT2D eigenvalue weighted by atomic mass is 9.67. The highest BCUT2D eigenvalue weighted by Gasteiger charge is 2.53. The van der Waals surface area contributed by atoms with Gasteiger partial charge in [0.05, 0.1) is 11.5 Å². The van der Waals surface area contributed by atoms with Crippen molar-refractivity contribution in [2.75, 3.05) is 24.6 Å². The smallest absolute Gasteiger partial charge is 0.327 e. The summed E-state index contributed by atoms with van der Waals surface area (Å²) in [5.74, 6) is -1.40. The first-order chi connectivity index (χ1) is 15.7. The molecule has 192 valence electrons. The van der Waals surface area contributed by atoms with Gasteiger partial charge in [0.25, 0.3) is 11.8 Å². The van der Waals surface area contributed by atoms with Crippen LogP contribution in [0.15, 0.2) is 0 Å². The van der Waals surface area contributed by atoms with Crippen molar-refractivity contribution in [1.29, 1.82) is 0 Å². The van der Waals surface area contributed by atoms with Crippen molar-refractivity contribution in [2.45, 2.75) is 84.4 Å². The average Bonchev–Trinajstić information content (AvgIpc) is 3.20. The molecule has 0 radical (unpaired) electrons. The minimum absolute atomic E-state index is 0.0278. The Morgan fingerprint density at radius 3 is 2.32 bits per heavy atom. The summed E-state index contributed by atoms with van der Waals surface area (Å²) in [7, 11) is -3.18. The minimum atomic E-state index is -3.18. The summed E-state index contributed by atoms with van der Waals surface area (Å²) in [6.07, 6.45) is 1.86. The van der Waals surface area contributed by atoms with E-state index in [-0.39, 0.29) is 23.5 Å². The van der Waals surface area contributed by atoms with E-state index in [0.717, 1.165) is 17.7 Å². The van der Waals surface area contributed by atoms with Crippen LogP contribution in [-0.2, 0) is 29.0 Å². The van der Waals surface area contributed by atoms with Crippen molar-refractivity contribution in [3.63, 3.8) is 0 Å². The van der Waals surface area contributed by atoms with Gasteiger partial charge in [-0.2, -0.15) is 0 Å². The van der Waals surface area contributed by atoms with E-state index < -0.39 is 57.9 Å². The molecule has 3 aliphatic rings. The predicted octanol–water partition coefficient (Wildman–Crippen LogP) is 1.48. The van der Waals surface area contributed by atoms with Crippen LogP contribution in [0.3, 0.4) is 0 Å². The number of esters is 1. The second kappa shape index (κ2) is 9.47. The van der Waals surface area contributed by atoms with Gasteiger partial charge in [0.2, 0.25) is 0 Å². The molecule has 10 nitrogen and oxygen atoms in total. The largest absolute Gasteiger partial charge is 0.451 e. The predicted molar refractivity (Wildman–Crippen MR) is 124 cm³/mol. The Kier molecular flexibility index (Phi) is 7.36. The van der Waals surface area contributed by atoms with Crippen LogP contribution < -0.4 is 5.32 Å². The third-order valence-corrected chi connectivity index (χ3v) is 9.28. The molecule has 3 fully saturated rings. The van der Waals surface area contributed by atoms with E-state index in [0.29, 0.717) is 25.2 Å². The van der Waals surface area contributed by atoms with Gasteiger partial charge in [-0.1, -0.05) is 20.8 Å². The molecule has 0 aromatic heterocycles. The first-order valence-electron chi connectivity index (χ1n) is 12.0. The molecule has 2 atom stereocenters. The van der Waals surface area contributed by atoms with Gasteiger partial charge in [-0.3, -0.25) is 19.3 Å². The van der Waals surface area contributed by atoms with Crippen molar-refractivity contribution in [3.8, 4) is 0 Å². The standard InChI is InChI=1S/C23H37N3O7S/c1-6-25(17-9-12-34(31,32)14-17)19(28)15(2)33-18(27)13-26-20(29)23(24-21(26)30)10-7-16(8-11-23)22(3,4)5/h15-17H,6-14H2,1-5H3,(H,24,30). The number of ether oxygens (including phenoxy) is 1. The Hall–Kier alpha value is -2.17. The number of hydrogen-bond acceptors (Lipinski definition) is 7. The van der Waals surface area contributed by atoms with Gasteiger partial charge in [0.15, 0.2) is 15.9 Å². The third kappa shape index (κ3) is 5.39. The molecule has 0 aromatic carbocycles. The molecular formula is C23H37N3O7S. The van der Waals surface area contributed by atoms with E-state index in [1.165, 1.54) is 11.8 Å². The van der Waals surface area contributed by atoms with Gasteiger partial charge in [-0.05, 0) is 57.3 Å². The molecule has 2 aliphatic heterocycles. The molecule has 2 saturated heterocycles. The number of urea groups is 1. The third-order valence-electron chi connectivity index (χ3n) is 7.53. The van der Waals surface area contributed by atoms with E-state index in [1.54, 1.807) is 6.92 Å². The van der Waals surface area contributed by atoms with E-state index in [9.17, 15) is 27.6 Å². The summed E-state index contributed by atoms with van der Waals surface area (Å²) >= 11 is 0. The van der Waals surface area contributed by atoms with Crippen LogP contribution in [0.5, 0.6) is 0 Å². The van der Waals surface area contributed by atoms with Crippen molar-refractivity contribution < 1.29 is 32.3 Å². The minimum Gasteiger partial charge on any atom is -0.451 e. The number of carbonyl (C=O) groups excluding carboxylic acids is 4. The van der Waals surface area contributed by atoms with Gasteiger partial charge < -0.3 is 15.0 Å². The monoisotopic (exact) mass is 499 g/mol. The average molecular weight is 500 g/mol. The number of hydrogen-bond donors (Lipinski definition) is 1. The molecule has 1 N–H and O–H groups in total. The number of imide groups is 1. The van der Waals surface area contributed by atoms with Gasteiger partial charge in [-0.15, -0.1) is 0 Å². The van der Waals surface area contributed by atoms with E-state index in [4.69, 9.17) is 4.74 Å². The summed E-state index contributed by atoms with van der Waals surface area (Å²) in [4.78, 5) is 53.3. The van der Waals surface area contributed by atoms with Crippen molar-refractivity contribution >= 4 is 33.7 Å². The fourth-order valence-corrected chi connectivity index (χ4v) is 7.13. The number of rotatable bonds is 6. The lowest BCUT2D eigenvalue weighted by Crippen LogP contribution is -2.51. The Labute approximate surface area is 201 Å². The van der Waals surface area contributed by atoms with Crippen LogP contribution in [0, 0.1) is 11.3 Å². The van der Waals surface area contributed by atoms with Crippen molar-refractivity contribution in [1.82, 2.24) is 15.1 Å². The molecule has 2 heterocycles. The maximum absolute atomic E-state index is 13.1. The zero-order chi connectivity index (χ0) is 25.5. The SMILES string of the molecule is CCN(C(=O)C(C)OC(=O)CN1C(=O)NC2(CCC(C(C)(C)C)CC2)C1=O)C1CCS(=O)(=O)C1. The number of nitrogens with zero attached hydrogens (tertiary/aromatic N) is 2. The van der Waals surface area contributed by atoms with Gasteiger partial charge in [0.1, 0.15) is 12.1 Å². The number of sulfone groups is 1. The highest BCUT2D eigenvalue weighted by molar-refractivity contribution is 7.91. The molecule has 0 bridgehead atoms. The number of likely N-dealkylation sites (N-methyl/N-ethyl adjacent to an activating group) is 1. The van der Waals surface area contributed by atoms with Crippen LogP contribution in [0.1, 0.15) is 66.7 Å². The summed E-state index contributed by atoms with van der Waals surface area (Å²) in [6, 6.07) is -1.07. The van der Waals surface area contributed by atoms with Gasteiger partial charge >= 0.3 is 12.0 Å². The zero-order valence-electron chi connectivity index (χ0n) is 20.8. The number of carbonyl (C=O) groups is 4. The maximum atomic E-state index is 13.1. The second-order valence-corrected chi connectivity index (χ2v) is 13.1. The fourth-order valence-electron chi connectivity index (χ4n) is 5.40. The summed E-state index contributed by atoms with van der Waals surface area (Å²) in [5.41, 5.74) is -0.859. The lowest BCUT2D eigenvalue weighted by Gasteiger charge is -2.40. The highest BCUT2D eigenvalue weighted by Crippen LogP contribution is 2.43. The Morgan fingerprint density at radius 1 is 1.21 bits per heavy atom. The molecule has 4 amide bonds. The number of nitrogens with one attached hydrogen (secondary N) is 1. The molecule has 3 rings (SSSR count). The molecule has 0 aromatic rings. The topological polar surface area (TPSA) is 130 Å². The molecular weight excluding hydrogens is 462 g/mol. The van der Waals surface area contributed by atoms with Crippen molar-refractivity contribution in [3.05, 3.63) is 0 Å². The van der Waals surface area contributed by atoms with Crippen molar-refractivity contribution in [2.24, 2.45) is 11.3 Å². The maximum Gasteiger partial charge on any atom is 0.327 e. The second-order valence-electron chi connectivity index (χ2n) is 10.9. The molecule has 1 aliphatic carbocycles. The molecule has 11 heteroatoms. The molecule has 2 unspecified atom stereocenters. The zero-order valence-corrected chi connectivity index (χ0v) is 21.6. The van der Waals surface area contributed by atoms with E-state index in [2.05, 4.69) is 26.1 Å². The first kappa shape index (κ1) is 26.4. The molecule has 34 heavy (non-hydrogen) atoms. The highest BCUT2D eigenvalue weighted by atomic mass is 32.2. The van der Waals surface area contributed by atoms with Crippen LogP contribution in [0.25, 0.3) is 0 Å². The van der Waals surface area contributed by atoms with Crippen LogP contribution in [-0.4, -0.2) is 84.3 Å². The quantitative estimate of drug-likeness (QED) is 0.433. The van der Waals surface area contributed by atoms with E-state index in [1.807, 2.05) is 0 Å². The van der Waals surface area contributed by atoms with Crippen LogP contribution >= 0.6 is 0 Å². The normalized spacial score (nSPS) is 29.7. The van der Waals surface area contributed by atoms with Crippen LogP contribution in [0.2, 0.25) is 0 Å². The summed E-state index contributed by atoms with van der Waals surface area (Å²) < 4.78 is 28.8. The Morgan fingerprint density at radius 2 is 1.82 bits per heavy atom. The molecule has 1 saturated carbocycles. The fraction of sp³-hybridized carbons (Fsp3) is 0.826. The summed E-state index contributed by atoms with van der Waals surface area (Å²) in [5, 5.41) is 2.79. The summed E-state index contributed by atoms with van der Waals surface area (Å²) in [6.45, 7) is 9.36. The lowest BCUT2D eigenvalue weighted by molar-refractivity contribution is -0.161. The Bertz CT molecular complexity index is 948. The Balaban J connectivity index is 1.57.